The molecule has 0 aliphatic heterocycles. The molecule has 3 heteroatoms. The summed E-state index contributed by atoms with van der Waals surface area (Å²) in [7, 11) is 0. The molecule has 0 aromatic carbocycles. The predicted octanol–water partition coefficient (Wildman–Crippen LogP) is 7.01. The first kappa shape index (κ1) is 21.7. The quantitative estimate of drug-likeness (QED) is 0.329. The van der Waals surface area contributed by atoms with Gasteiger partial charge in [0.05, 0.1) is 0 Å². The van der Waals surface area contributed by atoms with Crippen LogP contribution in [0.1, 0.15) is 103 Å². The summed E-state index contributed by atoms with van der Waals surface area (Å²) in [6.07, 6.45) is 24.8. The van der Waals surface area contributed by atoms with Crippen molar-refractivity contribution in [1.82, 2.24) is 9.97 Å². The molecule has 0 radical (unpaired) electrons. The van der Waals surface area contributed by atoms with Crippen molar-refractivity contribution in [2.75, 3.05) is 0 Å². The van der Waals surface area contributed by atoms with Gasteiger partial charge < -0.3 is 4.98 Å². The third-order valence-corrected chi connectivity index (χ3v) is 4.32. The lowest BCUT2D eigenvalue weighted by Gasteiger charge is -2.03. The summed E-state index contributed by atoms with van der Waals surface area (Å²) in [5, 5.41) is 0. The molecule has 1 N–H and O–H groups in total. The molecule has 0 bridgehead atoms. The van der Waals surface area contributed by atoms with Crippen molar-refractivity contribution < 1.29 is 0 Å². The van der Waals surface area contributed by atoms with E-state index in [1.54, 1.807) is 0 Å². The number of nitrogens with one attached hydrogen (secondary N) is 1. The van der Waals surface area contributed by atoms with E-state index in [2.05, 4.69) is 16.9 Å². The van der Waals surface area contributed by atoms with Crippen molar-refractivity contribution in [3.8, 4) is 0 Å². The van der Waals surface area contributed by atoms with E-state index in [0.717, 1.165) is 12.2 Å². The van der Waals surface area contributed by atoms with E-state index in [9.17, 15) is 0 Å². The van der Waals surface area contributed by atoms with E-state index in [4.69, 9.17) is 0 Å². The molecule has 2 nitrogen and oxygen atoms in total. The van der Waals surface area contributed by atoms with Crippen LogP contribution < -0.4 is 0 Å². The van der Waals surface area contributed by atoms with Crippen LogP contribution in [0.15, 0.2) is 12.4 Å². The monoisotopic (exact) mass is 372 g/mol. The minimum atomic E-state index is 0. The molecule has 1 heterocycles. The SMILES string of the molecule is Br.CCCCCCCCCCCCCCCCc1ncc[nH]1. The highest BCUT2D eigenvalue weighted by molar-refractivity contribution is 8.93. The van der Waals surface area contributed by atoms with Gasteiger partial charge in [-0.15, -0.1) is 17.0 Å². The number of unbranched alkanes of at least 4 members (excludes halogenated alkanes) is 13. The molecule has 0 atom stereocenters. The Labute approximate surface area is 148 Å². The van der Waals surface area contributed by atoms with Gasteiger partial charge in [0.1, 0.15) is 5.82 Å². The van der Waals surface area contributed by atoms with Gasteiger partial charge in [-0.1, -0.05) is 90.4 Å². The summed E-state index contributed by atoms with van der Waals surface area (Å²) in [6.45, 7) is 2.29. The van der Waals surface area contributed by atoms with E-state index in [-0.39, 0.29) is 17.0 Å². The number of aromatic nitrogens is 2. The molecule has 0 fully saturated rings. The van der Waals surface area contributed by atoms with Crippen LogP contribution in [-0.4, -0.2) is 9.97 Å². The predicted molar refractivity (Wildman–Crippen MR) is 103 cm³/mol. The molecule has 0 amide bonds. The maximum atomic E-state index is 4.26. The van der Waals surface area contributed by atoms with Gasteiger partial charge in [-0.05, 0) is 6.42 Å². The molecule has 1 aromatic heterocycles. The minimum Gasteiger partial charge on any atom is -0.349 e. The highest BCUT2D eigenvalue weighted by Crippen LogP contribution is 2.13. The lowest BCUT2D eigenvalue weighted by Crippen LogP contribution is -1.88. The summed E-state index contributed by atoms with van der Waals surface area (Å²) in [5.74, 6) is 1.15. The van der Waals surface area contributed by atoms with Crippen molar-refractivity contribution in [3.05, 3.63) is 18.2 Å². The van der Waals surface area contributed by atoms with Crippen molar-refractivity contribution in [3.63, 3.8) is 0 Å². The van der Waals surface area contributed by atoms with Crippen molar-refractivity contribution in [2.24, 2.45) is 0 Å². The van der Waals surface area contributed by atoms with Crippen LogP contribution in [0.2, 0.25) is 0 Å². The largest absolute Gasteiger partial charge is 0.349 e. The third kappa shape index (κ3) is 13.4. The van der Waals surface area contributed by atoms with E-state index in [1.165, 1.54) is 89.9 Å². The van der Waals surface area contributed by atoms with Gasteiger partial charge in [0, 0.05) is 18.8 Å². The zero-order valence-electron chi connectivity index (χ0n) is 14.6. The molecule has 0 spiro atoms. The second-order valence-corrected chi connectivity index (χ2v) is 6.38. The molecule has 0 aliphatic carbocycles. The second-order valence-electron chi connectivity index (χ2n) is 6.38. The maximum Gasteiger partial charge on any atom is 0.105 e. The fourth-order valence-electron chi connectivity index (χ4n) is 2.92. The average molecular weight is 373 g/mol. The van der Waals surface area contributed by atoms with Crippen molar-refractivity contribution >= 4 is 17.0 Å². The first-order valence-corrected chi connectivity index (χ1v) is 9.41. The number of halogens is 1. The van der Waals surface area contributed by atoms with E-state index in [0.29, 0.717) is 0 Å². The zero-order valence-corrected chi connectivity index (χ0v) is 16.3. The van der Waals surface area contributed by atoms with Gasteiger partial charge in [0.2, 0.25) is 0 Å². The van der Waals surface area contributed by atoms with Crippen LogP contribution >= 0.6 is 17.0 Å². The summed E-state index contributed by atoms with van der Waals surface area (Å²) in [5.41, 5.74) is 0. The lowest BCUT2D eigenvalue weighted by molar-refractivity contribution is 0.535. The van der Waals surface area contributed by atoms with Crippen LogP contribution in [-0.2, 0) is 6.42 Å². The molecule has 0 aliphatic rings. The van der Waals surface area contributed by atoms with Gasteiger partial charge in [-0.2, -0.15) is 0 Å². The van der Waals surface area contributed by atoms with E-state index >= 15 is 0 Å². The Morgan fingerprint density at radius 1 is 0.727 bits per heavy atom. The molecule has 0 saturated carbocycles. The third-order valence-electron chi connectivity index (χ3n) is 4.32. The minimum absolute atomic E-state index is 0. The number of hydrogen-bond acceptors (Lipinski definition) is 1. The van der Waals surface area contributed by atoms with Crippen LogP contribution in [0.4, 0.5) is 0 Å². The fraction of sp³-hybridized carbons (Fsp3) is 0.842. The number of H-pyrrole nitrogens is 1. The van der Waals surface area contributed by atoms with Gasteiger partial charge in [-0.25, -0.2) is 4.98 Å². The summed E-state index contributed by atoms with van der Waals surface area (Å²) < 4.78 is 0. The average Bonchev–Trinajstić information content (AvgIpc) is 3.01. The Morgan fingerprint density at radius 2 is 1.18 bits per heavy atom. The molecule has 1 rings (SSSR count). The summed E-state index contributed by atoms with van der Waals surface area (Å²) >= 11 is 0. The smallest absolute Gasteiger partial charge is 0.105 e. The Bertz CT molecular complexity index is 298. The highest BCUT2D eigenvalue weighted by atomic mass is 79.9. The van der Waals surface area contributed by atoms with Crippen LogP contribution in [0, 0.1) is 0 Å². The number of imidazole rings is 1. The summed E-state index contributed by atoms with van der Waals surface area (Å²) in [6, 6.07) is 0. The number of nitrogens with zero attached hydrogens (tertiary/aromatic N) is 1. The molecule has 22 heavy (non-hydrogen) atoms. The van der Waals surface area contributed by atoms with Gasteiger partial charge in [0.25, 0.3) is 0 Å². The molecule has 130 valence electrons. The van der Waals surface area contributed by atoms with Gasteiger partial charge in [0.15, 0.2) is 0 Å². The number of rotatable bonds is 15. The molecule has 0 unspecified atom stereocenters. The number of aryl methyl sites for hydroxylation is 1. The van der Waals surface area contributed by atoms with Crippen molar-refractivity contribution in [1.29, 1.82) is 0 Å². The normalized spacial score (nSPS) is 10.6. The Morgan fingerprint density at radius 3 is 1.59 bits per heavy atom. The molecular formula is C19H37BrN2. The Kier molecular flexibility index (Phi) is 16.8. The standard InChI is InChI=1S/C19H36N2.BrH/c1-2-3-4-5-6-7-8-9-10-11-12-13-14-15-16-19-20-17-18-21-19;/h17-18H,2-16H2,1H3,(H,20,21);1H. The van der Waals surface area contributed by atoms with Gasteiger partial charge in [-0.3, -0.25) is 0 Å². The number of hydrogen-bond donors (Lipinski definition) is 1. The van der Waals surface area contributed by atoms with Crippen LogP contribution in [0.5, 0.6) is 0 Å². The fourth-order valence-corrected chi connectivity index (χ4v) is 2.92. The summed E-state index contributed by atoms with van der Waals surface area (Å²) in [4.78, 5) is 7.43. The van der Waals surface area contributed by atoms with E-state index < -0.39 is 0 Å². The number of aromatic amines is 1. The van der Waals surface area contributed by atoms with Crippen LogP contribution in [0.3, 0.4) is 0 Å². The van der Waals surface area contributed by atoms with Gasteiger partial charge >= 0.3 is 0 Å². The second kappa shape index (κ2) is 17.1. The first-order chi connectivity index (χ1) is 10.4. The van der Waals surface area contributed by atoms with Crippen molar-refractivity contribution in [2.45, 2.75) is 103 Å². The topological polar surface area (TPSA) is 28.7 Å². The molecule has 1 aromatic rings. The Hall–Kier alpha value is -0.310. The lowest BCUT2D eigenvalue weighted by atomic mass is 10.0. The Balaban J connectivity index is 0.00000441. The van der Waals surface area contributed by atoms with Crippen LogP contribution in [0.25, 0.3) is 0 Å². The first-order valence-electron chi connectivity index (χ1n) is 9.41. The molecule has 0 saturated heterocycles. The highest BCUT2D eigenvalue weighted by Gasteiger charge is 1.96. The molecular weight excluding hydrogens is 336 g/mol. The zero-order chi connectivity index (χ0) is 15.0. The van der Waals surface area contributed by atoms with E-state index in [1.807, 2.05) is 12.4 Å². The maximum absolute atomic E-state index is 4.26.